The van der Waals surface area contributed by atoms with Crippen molar-refractivity contribution < 1.29 is 0 Å². The molecule has 0 saturated carbocycles. The predicted molar refractivity (Wildman–Crippen MR) is 138 cm³/mol. The zero-order chi connectivity index (χ0) is 21.8. The highest BCUT2D eigenvalue weighted by Gasteiger charge is 1.95. The van der Waals surface area contributed by atoms with Crippen LogP contribution < -0.4 is 0 Å². The Morgan fingerprint density at radius 3 is 0.724 bits per heavy atom. The van der Waals surface area contributed by atoms with Gasteiger partial charge >= 0.3 is 0 Å². The third kappa shape index (κ3) is 35.8. The molecule has 0 unspecified atom stereocenters. The summed E-state index contributed by atoms with van der Waals surface area (Å²) in [6.07, 6.45) is 33.4. The summed E-state index contributed by atoms with van der Waals surface area (Å²) in [5.41, 5.74) is 0. The number of hydrogen-bond donors (Lipinski definition) is 0. The van der Waals surface area contributed by atoms with Crippen molar-refractivity contribution in [1.29, 1.82) is 0 Å². The van der Waals surface area contributed by atoms with Gasteiger partial charge in [0.1, 0.15) is 0 Å². The molecule has 0 aliphatic rings. The Balaban J connectivity index is 0. The molecule has 0 amide bonds. The molecular weight excluding hydrogens is 348 g/mol. The minimum Gasteiger partial charge on any atom is -0.0654 e. The summed E-state index contributed by atoms with van der Waals surface area (Å²) in [5.74, 6) is 0.901. The molecule has 29 heavy (non-hydrogen) atoms. The van der Waals surface area contributed by atoms with Crippen LogP contribution in [-0.2, 0) is 0 Å². The van der Waals surface area contributed by atoms with Crippen molar-refractivity contribution in [3.63, 3.8) is 0 Å². The first-order valence-corrected chi connectivity index (χ1v) is 14.2. The average Bonchev–Trinajstić information content (AvgIpc) is 2.71. The van der Waals surface area contributed by atoms with Crippen LogP contribution in [0.2, 0.25) is 0 Å². The van der Waals surface area contributed by atoms with E-state index in [0.717, 1.165) is 5.92 Å². The van der Waals surface area contributed by atoms with Crippen molar-refractivity contribution in [3.05, 3.63) is 0 Å². The fourth-order valence-electron chi connectivity index (χ4n) is 3.95. The molecule has 0 spiro atoms. The Bertz CT molecular complexity index is 232. The fourth-order valence-corrected chi connectivity index (χ4v) is 3.95. The Morgan fingerprint density at radius 2 is 0.517 bits per heavy atom. The highest BCUT2D eigenvalue weighted by molar-refractivity contribution is 4.50. The molecular formula is C29H62. The summed E-state index contributed by atoms with van der Waals surface area (Å²) in [7, 11) is 0. The largest absolute Gasteiger partial charge is 0.0654 e. The van der Waals surface area contributed by atoms with Crippen LogP contribution in [0.3, 0.4) is 0 Å². The van der Waals surface area contributed by atoms with Crippen LogP contribution >= 0.6 is 0 Å². The molecule has 0 aliphatic carbocycles. The highest BCUT2D eigenvalue weighted by atomic mass is 14.0. The molecule has 0 nitrogen and oxygen atoms in total. The summed E-state index contributed by atoms with van der Waals surface area (Å²) in [4.78, 5) is 0. The van der Waals surface area contributed by atoms with Crippen molar-refractivity contribution in [2.24, 2.45) is 5.92 Å². The molecule has 0 aromatic rings. The van der Waals surface area contributed by atoms with Gasteiger partial charge in [-0.15, -0.1) is 0 Å². The normalized spacial score (nSPS) is 11.0. The molecule has 0 aromatic heterocycles. The lowest BCUT2D eigenvalue weighted by Gasteiger charge is -2.04. The van der Waals surface area contributed by atoms with Crippen molar-refractivity contribution in [2.75, 3.05) is 0 Å². The van der Waals surface area contributed by atoms with Gasteiger partial charge in [0, 0.05) is 0 Å². The quantitative estimate of drug-likeness (QED) is 0.156. The molecule has 0 heteroatoms. The second-order valence-corrected chi connectivity index (χ2v) is 9.90. The second kappa shape index (κ2) is 30.2. The van der Waals surface area contributed by atoms with Crippen molar-refractivity contribution >= 4 is 0 Å². The van der Waals surface area contributed by atoms with Crippen LogP contribution in [0.15, 0.2) is 0 Å². The second-order valence-electron chi connectivity index (χ2n) is 9.90. The molecule has 0 rings (SSSR count). The first-order valence-electron chi connectivity index (χ1n) is 14.2. The van der Waals surface area contributed by atoms with E-state index in [9.17, 15) is 0 Å². The fraction of sp³-hybridized carbons (Fsp3) is 1.00. The van der Waals surface area contributed by atoms with Crippen molar-refractivity contribution in [2.45, 2.75) is 182 Å². The van der Waals surface area contributed by atoms with Gasteiger partial charge < -0.3 is 0 Å². The van der Waals surface area contributed by atoms with E-state index < -0.39 is 0 Å². The van der Waals surface area contributed by atoms with E-state index >= 15 is 0 Å². The maximum absolute atomic E-state index is 2.33. The first kappa shape index (κ1) is 31.2. The smallest absolute Gasteiger partial charge is 0.0471 e. The van der Waals surface area contributed by atoms with E-state index in [4.69, 9.17) is 0 Å². The molecule has 0 atom stereocenters. The van der Waals surface area contributed by atoms with Crippen LogP contribution in [0.1, 0.15) is 182 Å². The summed E-state index contributed by atoms with van der Waals surface area (Å²) in [5, 5.41) is 0. The third-order valence-corrected chi connectivity index (χ3v) is 6.09. The van der Waals surface area contributed by atoms with Gasteiger partial charge in [-0.1, -0.05) is 182 Å². The maximum atomic E-state index is 2.33. The lowest BCUT2D eigenvalue weighted by Crippen LogP contribution is -1.87. The molecule has 0 aromatic carbocycles. The maximum Gasteiger partial charge on any atom is -0.0471 e. The van der Waals surface area contributed by atoms with Gasteiger partial charge in [0.15, 0.2) is 0 Å². The van der Waals surface area contributed by atoms with E-state index in [1.807, 2.05) is 0 Å². The molecule has 0 bridgehead atoms. The number of hydrogen-bond acceptors (Lipinski definition) is 0. The van der Waals surface area contributed by atoms with Gasteiger partial charge in [0.25, 0.3) is 0 Å². The third-order valence-electron chi connectivity index (χ3n) is 6.09. The minimum absolute atomic E-state index is 0.901. The Hall–Kier alpha value is 0. The summed E-state index contributed by atoms with van der Waals surface area (Å²) in [6, 6.07) is 0. The Kier molecular flexibility index (Phi) is 32.5. The molecule has 178 valence electrons. The number of rotatable bonds is 22. The van der Waals surface area contributed by atoms with Gasteiger partial charge in [-0.3, -0.25) is 0 Å². The molecule has 0 N–H and O–H groups in total. The van der Waals surface area contributed by atoms with Gasteiger partial charge in [-0.2, -0.15) is 0 Å². The highest BCUT2D eigenvalue weighted by Crippen LogP contribution is 2.14. The Morgan fingerprint density at radius 1 is 0.310 bits per heavy atom. The van der Waals surface area contributed by atoms with Gasteiger partial charge in [-0.25, -0.2) is 0 Å². The summed E-state index contributed by atoms with van der Waals surface area (Å²) < 4.78 is 0. The van der Waals surface area contributed by atoms with E-state index in [1.54, 1.807) is 0 Å². The average molecular weight is 411 g/mol. The van der Waals surface area contributed by atoms with Crippen LogP contribution in [0.25, 0.3) is 0 Å². The van der Waals surface area contributed by atoms with Crippen molar-refractivity contribution in [3.8, 4) is 0 Å². The number of unbranched alkanes of at least 4 members (excludes halogenated alkanes) is 20. The zero-order valence-electron chi connectivity index (χ0n) is 21.8. The minimum atomic E-state index is 0.901. The molecule has 0 fully saturated rings. The molecule has 0 radical (unpaired) electrons. The van der Waals surface area contributed by atoms with E-state index in [1.165, 1.54) is 148 Å². The van der Waals surface area contributed by atoms with Gasteiger partial charge in [0.2, 0.25) is 0 Å². The van der Waals surface area contributed by atoms with Crippen LogP contribution in [0, 0.1) is 5.92 Å². The predicted octanol–water partition coefficient (Wildman–Crippen LogP) is 11.7. The summed E-state index contributed by atoms with van der Waals surface area (Å²) in [6.45, 7) is 11.5. The van der Waals surface area contributed by atoms with Crippen LogP contribution in [0.5, 0.6) is 0 Å². The van der Waals surface area contributed by atoms with E-state index in [0.29, 0.717) is 0 Å². The van der Waals surface area contributed by atoms with E-state index in [2.05, 4.69) is 34.6 Å². The Labute approximate surface area is 188 Å². The molecule has 0 saturated heterocycles. The standard InChI is InChI=1S/C16H34.C13H28/c1-4-5-6-7-8-9-10-11-12-13-14-15-16(2)3;1-3-5-7-9-11-13-12-10-8-6-4-2/h16H,4-15H2,1-3H3;3-13H2,1-2H3. The lowest BCUT2D eigenvalue weighted by atomic mass is 10.0. The lowest BCUT2D eigenvalue weighted by molar-refractivity contribution is 0.504. The molecule has 0 heterocycles. The molecule has 0 aliphatic heterocycles. The SMILES string of the molecule is CCCCCCCCCCCCC.CCCCCCCCCCCCCC(C)C. The van der Waals surface area contributed by atoms with Crippen molar-refractivity contribution in [1.82, 2.24) is 0 Å². The van der Waals surface area contributed by atoms with Crippen LogP contribution in [0.4, 0.5) is 0 Å². The monoisotopic (exact) mass is 410 g/mol. The van der Waals surface area contributed by atoms with Crippen LogP contribution in [-0.4, -0.2) is 0 Å². The first-order chi connectivity index (χ1) is 14.2. The topological polar surface area (TPSA) is 0 Å². The van der Waals surface area contributed by atoms with Gasteiger partial charge in [0.05, 0.1) is 0 Å². The summed E-state index contributed by atoms with van der Waals surface area (Å²) >= 11 is 0. The zero-order valence-corrected chi connectivity index (χ0v) is 21.8. The van der Waals surface area contributed by atoms with E-state index in [-0.39, 0.29) is 0 Å². The van der Waals surface area contributed by atoms with Gasteiger partial charge in [-0.05, 0) is 5.92 Å².